The van der Waals surface area contributed by atoms with Crippen LogP contribution in [0.5, 0.6) is 0 Å². The maximum absolute atomic E-state index is 11.9. The number of carbonyl (C=O) groups excluding carboxylic acids is 1. The van der Waals surface area contributed by atoms with Gasteiger partial charge >= 0.3 is 6.18 Å². The molecule has 1 amide bonds. The highest BCUT2D eigenvalue weighted by Gasteiger charge is 2.28. The van der Waals surface area contributed by atoms with E-state index in [0.29, 0.717) is 0 Å². The summed E-state index contributed by atoms with van der Waals surface area (Å²) in [4.78, 5) is 15.8. The number of nitrogens with zero attached hydrogens (tertiary/aromatic N) is 1. The molecule has 0 saturated carbocycles. The molecule has 0 atom stereocenters. The van der Waals surface area contributed by atoms with Crippen molar-refractivity contribution in [3.63, 3.8) is 0 Å². The van der Waals surface area contributed by atoms with E-state index >= 15 is 0 Å². The second-order valence-corrected chi connectivity index (χ2v) is 3.98. The molecule has 2 rings (SSSR count). The summed E-state index contributed by atoms with van der Waals surface area (Å²) in [7, 11) is 0. The van der Waals surface area contributed by atoms with Crippen molar-refractivity contribution in [2.75, 3.05) is 6.61 Å². The van der Waals surface area contributed by atoms with E-state index in [4.69, 9.17) is 0 Å². The molecule has 0 saturated heterocycles. The molecular formula is C13H11F3N2O2. The monoisotopic (exact) mass is 284 g/mol. The molecule has 0 aliphatic carbocycles. The van der Waals surface area contributed by atoms with Crippen LogP contribution in [0.1, 0.15) is 10.4 Å². The number of nitrogens with one attached hydrogen (secondary N) is 1. The summed E-state index contributed by atoms with van der Waals surface area (Å²) < 4.78 is 37.4. The molecule has 4 nitrogen and oxygen atoms in total. The van der Waals surface area contributed by atoms with Gasteiger partial charge in [-0.2, -0.15) is 13.2 Å². The van der Waals surface area contributed by atoms with Crippen LogP contribution >= 0.6 is 0 Å². The predicted octanol–water partition coefficient (Wildman–Crippen LogP) is 2.70. The Labute approximate surface area is 112 Å². The van der Waals surface area contributed by atoms with Crippen LogP contribution in [-0.4, -0.2) is 23.3 Å². The third-order valence-electron chi connectivity index (χ3n) is 2.41. The van der Waals surface area contributed by atoms with E-state index < -0.39 is 18.7 Å². The summed E-state index contributed by atoms with van der Waals surface area (Å²) in [5, 5.41) is 0. The van der Waals surface area contributed by atoms with Crippen LogP contribution in [0, 0.1) is 0 Å². The molecule has 20 heavy (non-hydrogen) atoms. The van der Waals surface area contributed by atoms with Crippen LogP contribution in [0.25, 0.3) is 5.69 Å². The highest BCUT2D eigenvalue weighted by Crippen LogP contribution is 2.14. The molecule has 0 bridgehead atoms. The normalized spacial score (nSPS) is 11.3. The van der Waals surface area contributed by atoms with Crippen molar-refractivity contribution < 1.29 is 22.8 Å². The zero-order chi connectivity index (χ0) is 14.6. The SMILES string of the molecule is O=C(NOCC(F)(F)F)c1cccc(-n2cccc2)c1. The smallest absolute Gasteiger partial charge is 0.324 e. The van der Waals surface area contributed by atoms with Gasteiger partial charge in [-0.15, -0.1) is 0 Å². The lowest BCUT2D eigenvalue weighted by Gasteiger charge is -2.09. The van der Waals surface area contributed by atoms with Gasteiger partial charge in [0, 0.05) is 23.6 Å². The van der Waals surface area contributed by atoms with E-state index in [1.165, 1.54) is 6.07 Å². The Balaban J connectivity index is 2.02. The molecule has 0 spiro atoms. The first-order valence-electron chi connectivity index (χ1n) is 5.68. The summed E-state index contributed by atoms with van der Waals surface area (Å²) in [5.74, 6) is -0.733. The first-order chi connectivity index (χ1) is 9.46. The van der Waals surface area contributed by atoms with Crippen LogP contribution in [0.3, 0.4) is 0 Å². The Morgan fingerprint density at radius 1 is 1.20 bits per heavy atom. The van der Waals surface area contributed by atoms with Crippen LogP contribution in [0.15, 0.2) is 48.8 Å². The molecule has 1 aromatic carbocycles. The number of amides is 1. The first kappa shape index (κ1) is 14.1. The predicted molar refractivity (Wildman–Crippen MR) is 65.2 cm³/mol. The molecule has 0 radical (unpaired) electrons. The molecule has 0 aliphatic rings. The third kappa shape index (κ3) is 3.86. The minimum absolute atomic E-state index is 0.207. The number of hydroxylamine groups is 1. The highest BCUT2D eigenvalue weighted by atomic mass is 19.4. The summed E-state index contributed by atoms with van der Waals surface area (Å²) in [6.07, 6.45) is -0.908. The van der Waals surface area contributed by atoms with Crippen LogP contribution in [-0.2, 0) is 4.84 Å². The Morgan fingerprint density at radius 2 is 1.90 bits per heavy atom. The maximum atomic E-state index is 11.9. The first-order valence-corrected chi connectivity index (χ1v) is 5.68. The number of hydrogen-bond acceptors (Lipinski definition) is 2. The van der Waals surface area contributed by atoms with Crippen molar-refractivity contribution >= 4 is 5.91 Å². The fourth-order valence-corrected chi connectivity index (χ4v) is 1.56. The molecule has 0 aliphatic heterocycles. The summed E-state index contributed by atoms with van der Waals surface area (Å²) in [5.41, 5.74) is 2.69. The fourth-order valence-electron chi connectivity index (χ4n) is 1.56. The van der Waals surface area contributed by atoms with Crippen molar-refractivity contribution in [1.82, 2.24) is 10.0 Å². The number of hydrogen-bond donors (Lipinski definition) is 1. The Bertz CT molecular complexity index is 580. The lowest BCUT2D eigenvalue weighted by atomic mass is 10.2. The van der Waals surface area contributed by atoms with E-state index in [9.17, 15) is 18.0 Å². The summed E-state index contributed by atoms with van der Waals surface area (Å²) in [6.45, 7) is -1.53. The second kappa shape index (κ2) is 5.79. The number of carbonyl (C=O) groups is 1. The molecule has 0 fully saturated rings. The van der Waals surface area contributed by atoms with Gasteiger partial charge in [0.2, 0.25) is 0 Å². The average Bonchev–Trinajstić information content (AvgIpc) is 2.91. The Kier molecular flexibility index (Phi) is 4.09. The van der Waals surface area contributed by atoms with E-state index in [2.05, 4.69) is 4.84 Å². The number of alkyl halides is 3. The van der Waals surface area contributed by atoms with E-state index in [0.717, 1.165) is 5.69 Å². The number of halogens is 3. The van der Waals surface area contributed by atoms with Gasteiger partial charge in [-0.05, 0) is 30.3 Å². The second-order valence-electron chi connectivity index (χ2n) is 3.98. The van der Waals surface area contributed by atoms with Crippen molar-refractivity contribution in [2.45, 2.75) is 6.18 Å². The van der Waals surface area contributed by atoms with Crippen LogP contribution in [0.4, 0.5) is 13.2 Å². The van der Waals surface area contributed by atoms with Gasteiger partial charge in [0.15, 0.2) is 6.61 Å². The number of benzene rings is 1. The van der Waals surface area contributed by atoms with Crippen molar-refractivity contribution in [2.24, 2.45) is 0 Å². The molecule has 1 aromatic heterocycles. The van der Waals surface area contributed by atoms with Crippen molar-refractivity contribution in [3.8, 4) is 5.69 Å². The summed E-state index contributed by atoms with van der Waals surface area (Å²) >= 11 is 0. The molecule has 7 heteroatoms. The lowest BCUT2D eigenvalue weighted by Crippen LogP contribution is -2.29. The van der Waals surface area contributed by atoms with E-state index in [1.807, 2.05) is 12.1 Å². The van der Waals surface area contributed by atoms with Crippen molar-refractivity contribution in [3.05, 3.63) is 54.4 Å². The summed E-state index contributed by atoms with van der Waals surface area (Å²) in [6, 6.07) is 10.1. The lowest BCUT2D eigenvalue weighted by molar-refractivity contribution is -0.184. The third-order valence-corrected chi connectivity index (χ3v) is 2.41. The Hall–Kier alpha value is -2.28. The van der Waals surface area contributed by atoms with E-state index in [-0.39, 0.29) is 5.56 Å². The van der Waals surface area contributed by atoms with Gasteiger partial charge in [-0.25, -0.2) is 5.48 Å². The van der Waals surface area contributed by atoms with Crippen LogP contribution < -0.4 is 5.48 Å². The zero-order valence-electron chi connectivity index (χ0n) is 10.2. The average molecular weight is 284 g/mol. The minimum atomic E-state index is -4.49. The quantitative estimate of drug-likeness (QED) is 0.877. The number of aromatic nitrogens is 1. The zero-order valence-corrected chi connectivity index (χ0v) is 10.2. The van der Waals surface area contributed by atoms with Gasteiger partial charge in [-0.1, -0.05) is 6.07 Å². The highest BCUT2D eigenvalue weighted by molar-refractivity contribution is 5.94. The topological polar surface area (TPSA) is 43.3 Å². The minimum Gasteiger partial charge on any atom is -0.324 e. The van der Waals surface area contributed by atoms with Gasteiger partial charge < -0.3 is 4.57 Å². The molecule has 2 aromatic rings. The maximum Gasteiger partial charge on any atom is 0.414 e. The molecule has 106 valence electrons. The fraction of sp³-hybridized carbons (Fsp3) is 0.154. The van der Waals surface area contributed by atoms with Gasteiger partial charge in [-0.3, -0.25) is 9.63 Å². The van der Waals surface area contributed by atoms with Gasteiger partial charge in [0.25, 0.3) is 5.91 Å². The van der Waals surface area contributed by atoms with E-state index in [1.54, 1.807) is 40.6 Å². The Morgan fingerprint density at radius 3 is 2.55 bits per heavy atom. The molecule has 1 N–H and O–H groups in total. The number of rotatable bonds is 4. The molecule has 0 unspecified atom stereocenters. The van der Waals surface area contributed by atoms with Crippen molar-refractivity contribution in [1.29, 1.82) is 0 Å². The van der Waals surface area contributed by atoms with Crippen LogP contribution in [0.2, 0.25) is 0 Å². The largest absolute Gasteiger partial charge is 0.414 e. The van der Waals surface area contributed by atoms with Gasteiger partial charge in [0.1, 0.15) is 0 Å². The molecule has 1 heterocycles. The standard InChI is InChI=1S/C13H11F3N2O2/c14-13(15,16)9-20-17-12(19)10-4-3-5-11(8-10)18-6-1-2-7-18/h1-8H,9H2,(H,17,19). The van der Waals surface area contributed by atoms with Gasteiger partial charge in [0.05, 0.1) is 0 Å². The molecular weight excluding hydrogens is 273 g/mol.